The molecule has 1 saturated heterocycles. The fourth-order valence-electron chi connectivity index (χ4n) is 2.01. The second-order valence-corrected chi connectivity index (χ2v) is 5.33. The van der Waals surface area contributed by atoms with Crippen LogP contribution < -0.4 is 10.6 Å². The molecule has 1 heterocycles. The van der Waals surface area contributed by atoms with E-state index in [0.717, 1.165) is 25.1 Å². The maximum absolute atomic E-state index is 12.2. The maximum Gasteiger partial charge on any atom is 0.231 e. The van der Waals surface area contributed by atoms with Crippen molar-refractivity contribution in [3.63, 3.8) is 0 Å². The average molecular weight is 253 g/mol. The molecule has 92 valence electrons. The number of rotatable bonds is 2. The molecule has 17 heavy (non-hydrogen) atoms. The molecular weight excluding hydrogens is 236 g/mol. The molecular formula is C13H17ClN2O. The van der Waals surface area contributed by atoms with Crippen LogP contribution >= 0.6 is 11.6 Å². The Bertz CT molecular complexity index is 439. The van der Waals surface area contributed by atoms with Crippen molar-refractivity contribution in [1.29, 1.82) is 0 Å². The zero-order chi connectivity index (χ0) is 12.5. The molecule has 1 amide bonds. The van der Waals surface area contributed by atoms with Crippen LogP contribution in [0, 0.1) is 12.3 Å². The maximum atomic E-state index is 12.2. The number of halogens is 1. The van der Waals surface area contributed by atoms with Crippen molar-refractivity contribution in [3.8, 4) is 0 Å². The van der Waals surface area contributed by atoms with E-state index in [9.17, 15) is 4.79 Å². The first-order valence-corrected chi connectivity index (χ1v) is 6.17. The van der Waals surface area contributed by atoms with E-state index in [-0.39, 0.29) is 11.3 Å². The van der Waals surface area contributed by atoms with E-state index in [1.54, 1.807) is 0 Å². The van der Waals surface area contributed by atoms with E-state index in [4.69, 9.17) is 11.6 Å². The summed E-state index contributed by atoms with van der Waals surface area (Å²) in [6.45, 7) is 5.57. The quantitative estimate of drug-likeness (QED) is 0.850. The van der Waals surface area contributed by atoms with Gasteiger partial charge in [-0.3, -0.25) is 4.79 Å². The largest absolute Gasteiger partial charge is 0.324 e. The summed E-state index contributed by atoms with van der Waals surface area (Å²) in [6, 6.07) is 5.64. The van der Waals surface area contributed by atoms with Gasteiger partial charge in [-0.15, -0.1) is 0 Å². The third kappa shape index (κ3) is 2.61. The van der Waals surface area contributed by atoms with Gasteiger partial charge in [0.05, 0.1) is 16.1 Å². The first kappa shape index (κ1) is 12.4. The van der Waals surface area contributed by atoms with Crippen LogP contribution in [0.25, 0.3) is 0 Å². The van der Waals surface area contributed by atoms with Crippen molar-refractivity contribution >= 4 is 23.2 Å². The van der Waals surface area contributed by atoms with Gasteiger partial charge in [0.2, 0.25) is 5.91 Å². The van der Waals surface area contributed by atoms with Crippen molar-refractivity contribution in [2.75, 3.05) is 18.4 Å². The van der Waals surface area contributed by atoms with E-state index in [0.29, 0.717) is 10.7 Å². The summed E-state index contributed by atoms with van der Waals surface area (Å²) in [6.07, 6.45) is 0.863. The lowest BCUT2D eigenvalue weighted by atomic mass is 9.89. The molecule has 1 atom stereocenters. The molecule has 0 aromatic heterocycles. The molecule has 2 N–H and O–H groups in total. The highest BCUT2D eigenvalue weighted by molar-refractivity contribution is 6.33. The molecule has 0 bridgehead atoms. The van der Waals surface area contributed by atoms with Gasteiger partial charge in [0.15, 0.2) is 0 Å². The Morgan fingerprint density at radius 1 is 1.53 bits per heavy atom. The number of aryl methyl sites for hydroxylation is 1. The lowest BCUT2D eigenvalue weighted by molar-refractivity contribution is -0.123. The van der Waals surface area contributed by atoms with Crippen molar-refractivity contribution in [2.24, 2.45) is 5.41 Å². The Labute approximate surface area is 107 Å². The van der Waals surface area contributed by atoms with Crippen LogP contribution in [-0.4, -0.2) is 19.0 Å². The summed E-state index contributed by atoms with van der Waals surface area (Å²) in [4.78, 5) is 12.2. The molecule has 2 rings (SSSR count). The molecule has 0 aliphatic carbocycles. The summed E-state index contributed by atoms with van der Waals surface area (Å²) < 4.78 is 0. The predicted octanol–water partition coefficient (Wildman–Crippen LogP) is 2.59. The second kappa shape index (κ2) is 4.67. The highest BCUT2D eigenvalue weighted by atomic mass is 35.5. The Hall–Kier alpha value is -1.06. The van der Waals surface area contributed by atoms with E-state index in [1.165, 1.54) is 0 Å². The van der Waals surface area contributed by atoms with E-state index >= 15 is 0 Å². The SMILES string of the molecule is Cc1ccc(NC(=O)C2(C)CCNC2)c(Cl)c1. The van der Waals surface area contributed by atoms with Crippen LogP contribution in [0.2, 0.25) is 5.02 Å². The average Bonchev–Trinajstić information content (AvgIpc) is 2.71. The summed E-state index contributed by atoms with van der Waals surface area (Å²) in [5, 5.41) is 6.71. The Morgan fingerprint density at radius 3 is 2.88 bits per heavy atom. The van der Waals surface area contributed by atoms with Gasteiger partial charge in [-0.2, -0.15) is 0 Å². The zero-order valence-corrected chi connectivity index (χ0v) is 10.9. The zero-order valence-electron chi connectivity index (χ0n) is 10.1. The lowest BCUT2D eigenvalue weighted by Gasteiger charge is -2.21. The lowest BCUT2D eigenvalue weighted by Crippen LogP contribution is -2.35. The molecule has 1 fully saturated rings. The molecule has 1 unspecified atom stereocenters. The molecule has 1 aromatic carbocycles. The van der Waals surface area contributed by atoms with Crippen LogP contribution in [-0.2, 0) is 4.79 Å². The number of anilines is 1. The molecule has 3 nitrogen and oxygen atoms in total. The van der Waals surface area contributed by atoms with Gasteiger partial charge in [0, 0.05) is 6.54 Å². The van der Waals surface area contributed by atoms with Crippen molar-refractivity contribution in [1.82, 2.24) is 5.32 Å². The van der Waals surface area contributed by atoms with E-state index in [1.807, 2.05) is 32.0 Å². The van der Waals surface area contributed by atoms with Crippen LogP contribution in [0.1, 0.15) is 18.9 Å². The molecule has 1 aromatic rings. The van der Waals surface area contributed by atoms with Crippen LogP contribution in [0.3, 0.4) is 0 Å². The summed E-state index contributed by atoms with van der Waals surface area (Å²) in [5.74, 6) is 0.0354. The fourth-order valence-corrected chi connectivity index (χ4v) is 2.29. The number of carbonyl (C=O) groups is 1. The number of amides is 1. The molecule has 4 heteroatoms. The van der Waals surface area contributed by atoms with E-state index in [2.05, 4.69) is 10.6 Å². The van der Waals surface area contributed by atoms with Gasteiger partial charge < -0.3 is 10.6 Å². The molecule has 1 aliphatic heterocycles. The van der Waals surface area contributed by atoms with Gasteiger partial charge in [-0.25, -0.2) is 0 Å². The summed E-state index contributed by atoms with van der Waals surface area (Å²) in [5.41, 5.74) is 1.45. The molecule has 0 radical (unpaired) electrons. The first-order valence-electron chi connectivity index (χ1n) is 5.80. The number of nitrogens with one attached hydrogen (secondary N) is 2. The van der Waals surface area contributed by atoms with Gasteiger partial charge in [0.1, 0.15) is 0 Å². The number of benzene rings is 1. The minimum atomic E-state index is -0.325. The third-order valence-electron chi connectivity index (χ3n) is 3.29. The highest BCUT2D eigenvalue weighted by Crippen LogP contribution is 2.29. The van der Waals surface area contributed by atoms with Crippen molar-refractivity contribution in [2.45, 2.75) is 20.3 Å². The minimum Gasteiger partial charge on any atom is -0.324 e. The topological polar surface area (TPSA) is 41.1 Å². The number of hydrogen-bond donors (Lipinski definition) is 2. The normalized spacial score (nSPS) is 23.7. The standard InChI is InChI=1S/C13H17ClN2O/c1-9-3-4-11(10(14)7-9)16-12(17)13(2)5-6-15-8-13/h3-4,7,15H,5-6,8H2,1-2H3,(H,16,17). The van der Waals surface area contributed by atoms with Crippen molar-refractivity contribution < 1.29 is 4.79 Å². The predicted molar refractivity (Wildman–Crippen MR) is 70.4 cm³/mol. The Balaban J connectivity index is 2.13. The van der Waals surface area contributed by atoms with Gasteiger partial charge in [0.25, 0.3) is 0 Å². The van der Waals surface area contributed by atoms with Crippen molar-refractivity contribution in [3.05, 3.63) is 28.8 Å². The summed E-state index contributed by atoms with van der Waals surface area (Å²) >= 11 is 6.10. The van der Waals surface area contributed by atoms with Gasteiger partial charge >= 0.3 is 0 Å². The number of carbonyl (C=O) groups excluding carboxylic acids is 1. The van der Waals surface area contributed by atoms with Crippen LogP contribution in [0.4, 0.5) is 5.69 Å². The minimum absolute atomic E-state index is 0.0354. The Kier molecular flexibility index (Phi) is 3.40. The second-order valence-electron chi connectivity index (χ2n) is 4.92. The smallest absolute Gasteiger partial charge is 0.231 e. The van der Waals surface area contributed by atoms with Crippen LogP contribution in [0.15, 0.2) is 18.2 Å². The fraction of sp³-hybridized carbons (Fsp3) is 0.462. The monoisotopic (exact) mass is 252 g/mol. The first-order chi connectivity index (χ1) is 8.01. The molecule has 0 spiro atoms. The molecule has 0 saturated carbocycles. The van der Waals surface area contributed by atoms with Crippen LogP contribution in [0.5, 0.6) is 0 Å². The van der Waals surface area contributed by atoms with Gasteiger partial charge in [-0.05, 0) is 44.5 Å². The Morgan fingerprint density at radius 2 is 2.29 bits per heavy atom. The third-order valence-corrected chi connectivity index (χ3v) is 3.60. The molecule has 1 aliphatic rings. The summed E-state index contributed by atoms with van der Waals surface area (Å²) in [7, 11) is 0. The highest BCUT2D eigenvalue weighted by Gasteiger charge is 2.36. The van der Waals surface area contributed by atoms with E-state index < -0.39 is 0 Å². The van der Waals surface area contributed by atoms with Gasteiger partial charge in [-0.1, -0.05) is 17.7 Å². The number of hydrogen-bond acceptors (Lipinski definition) is 2.